The quantitative estimate of drug-likeness (QED) is 0.792. The Morgan fingerprint density at radius 1 is 1.27 bits per heavy atom. The van der Waals surface area contributed by atoms with Gasteiger partial charge in [0.05, 0.1) is 16.8 Å². The predicted octanol–water partition coefficient (Wildman–Crippen LogP) is 3.81. The number of alkyl halides is 3. The third-order valence-corrected chi connectivity index (χ3v) is 3.93. The molecule has 0 amide bonds. The largest absolute Gasteiger partial charge is 0.417 e. The number of rotatable bonds is 1. The summed E-state index contributed by atoms with van der Waals surface area (Å²) in [5.41, 5.74) is -1.91. The summed E-state index contributed by atoms with van der Waals surface area (Å²) in [6, 6.07) is 4.15. The summed E-state index contributed by atoms with van der Waals surface area (Å²) < 4.78 is 37.8. The number of hydrogen-bond acceptors (Lipinski definition) is 3. The van der Waals surface area contributed by atoms with E-state index in [0.29, 0.717) is 12.1 Å². The van der Waals surface area contributed by atoms with E-state index in [9.17, 15) is 18.0 Å². The monoisotopic (exact) mass is 308 g/mol. The first kappa shape index (κ1) is 16.2. The van der Waals surface area contributed by atoms with Crippen LogP contribution in [0.2, 0.25) is 0 Å². The number of Topliss-reactive ketones (excluding diaryl/α,β-unsaturated/α-hetero) is 1. The minimum Gasteiger partial charge on any atom is -0.293 e. The number of aromatic nitrogens is 1. The van der Waals surface area contributed by atoms with E-state index >= 15 is 0 Å². The third-order valence-electron chi connectivity index (χ3n) is 3.93. The van der Waals surface area contributed by atoms with Gasteiger partial charge >= 0.3 is 6.18 Å². The van der Waals surface area contributed by atoms with Gasteiger partial charge in [0.25, 0.3) is 0 Å². The van der Waals surface area contributed by atoms with Gasteiger partial charge in [-0.2, -0.15) is 18.4 Å². The molecule has 6 heteroatoms. The van der Waals surface area contributed by atoms with Crippen molar-refractivity contribution in [3.63, 3.8) is 0 Å². The van der Waals surface area contributed by atoms with Crippen molar-refractivity contribution in [3.05, 3.63) is 41.2 Å². The minimum atomic E-state index is -4.44. The lowest BCUT2D eigenvalue weighted by molar-refractivity contribution is -0.137. The molecule has 0 aliphatic heterocycles. The van der Waals surface area contributed by atoms with Gasteiger partial charge in [0, 0.05) is 17.0 Å². The summed E-state index contributed by atoms with van der Waals surface area (Å²) in [4.78, 5) is 16.0. The number of nitrogens with zero attached hydrogens (tertiary/aromatic N) is 2. The van der Waals surface area contributed by atoms with Crippen molar-refractivity contribution < 1.29 is 18.0 Å². The Morgan fingerprint density at radius 3 is 2.36 bits per heavy atom. The molecule has 0 N–H and O–H groups in total. The van der Waals surface area contributed by atoms with E-state index in [0.717, 1.165) is 12.3 Å². The topological polar surface area (TPSA) is 53.8 Å². The van der Waals surface area contributed by atoms with Crippen LogP contribution in [0, 0.1) is 16.7 Å². The van der Waals surface area contributed by atoms with E-state index in [1.165, 1.54) is 12.1 Å². The minimum absolute atomic E-state index is 0.0282. The van der Waals surface area contributed by atoms with E-state index in [4.69, 9.17) is 5.26 Å². The van der Waals surface area contributed by atoms with Crippen LogP contribution in [-0.4, -0.2) is 10.8 Å². The molecule has 2 rings (SSSR count). The highest BCUT2D eigenvalue weighted by Gasteiger charge is 2.44. The smallest absolute Gasteiger partial charge is 0.293 e. The Labute approximate surface area is 126 Å². The zero-order chi connectivity index (χ0) is 16.8. The van der Waals surface area contributed by atoms with E-state index in [1.807, 2.05) is 6.07 Å². The van der Waals surface area contributed by atoms with E-state index in [1.54, 1.807) is 20.8 Å². The van der Waals surface area contributed by atoms with E-state index in [-0.39, 0.29) is 11.4 Å². The number of halogens is 3. The molecule has 1 aliphatic carbocycles. The molecule has 0 aromatic carbocycles. The van der Waals surface area contributed by atoms with Crippen molar-refractivity contribution in [1.29, 1.82) is 5.26 Å². The molecule has 0 radical (unpaired) electrons. The SMILES string of the molecule is CC1(C)CC(C)(c2ccc(C(F)(F)F)cn2)C=C(C#N)C1=O. The molecule has 0 bridgehead atoms. The maximum Gasteiger partial charge on any atom is 0.417 e. The molecule has 22 heavy (non-hydrogen) atoms. The van der Waals surface area contributed by atoms with E-state index in [2.05, 4.69) is 4.98 Å². The molecule has 1 aliphatic rings. The van der Waals surface area contributed by atoms with Crippen LogP contribution in [0.25, 0.3) is 0 Å². The van der Waals surface area contributed by atoms with Crippen LogP contribution in [0.1, 0.15) is 38.4 Å². The molecule has 0 saturated carbocycles. The fourth-order valence-corrected chi connectivity index (χ4v) is 2.94. The molecular weight excluding hydrogens is 293 g/mol. The maximum atomic E-state index is 12.6. The Hall–Kier alpha value is -2.16. The molecule has 1 heterocycles. The van der Waals surface area contributed by atoms with Gasteiger partial charge in [-0.3, -0.25) is 9.78 Å². The van der Waals surface area contributed by atoms with Crippen molar-refractivity contribution in [2.24, 2.45) is 5.41 Å². The van der Waals surface area contributed by atoms with Gasteiger partial charge in [-0.05, 0) is 18.6 Å². The molecule has 0 spiro atoms. The van der Waals surface area contributed by atoms with Crippen molar-refractivity contribution in [1.82, 2.24) is 4.98 Å². The number of hydrogen-bond donors (Lipinski definition) is 0. The lowest BCUT2D eigenvalue weighted by Crippen LogP contribution is -2.39. The first-order valence-corrected chi connectivity index (χ1v) is 6.71. The van der Waals surface area contributed by atoms with Gasteiger partial charge in [-0.25, -0.2) is 0 Å². The second-order valence-electron chi connectivity index (χ2n) is 6.41. The van der Waals surface area contributed by atoms with Crippen LogP contribution in [0.4, 0.5) is 13.2 Å². The number of pyridine rings is 1. The highest BCUT2D eigenvalue weighted by molar-refractivity contribution is 6.04. The lowest BCUT2D eigenvalue weighted by atomic mass is 9.64. The zero-order valence-corrected chi connectivity index (χ0v) is 12.5. The van der Waals surface area contributed by atoms with Crippen molar-refractivity contribution in [3.8, 4) is 6.07 Å². The second-order valence-corrected chi connectivity index (χ2v) is 6.41. The summed E-state index contributed by atoms with van der Waals surface area (Å²) in [6.45, 7) is 5.22. The van der Waals surface area contributed by atoms with Crippen LogP contribution in [0.3, 0.4) is 0 Å². The Balaban J connectivity index is 2.49. The van der Waals surface area contributed by atoms with Gasteiger partial charge in [0.1, 0.15) is 6.07 Å². The van der Waals surface area contributed by atoms with Crippen LogP contribution in [0.5, 0.6) is 0 Å². The van der Waals surface area contributed by atoms with Gasteiger partial charge < -0.3 is 0 Å². The lowest BCUT2D eigenvalue weighted by Gasteiger charge is -2.38. The molecular formula is C16H15F3N2O. The summed E-state index contributed by atoms with van der Waals surface area (Å²) in [7, 11) is 0. The van der Waals surface area contributed by atoms with Gasteiger partial charge in [0.15, 0.2) is 5.78 Å². The standard InChI is InChI=1S/C16H15F3N2O/c1-14(2)9-15(3,6-10(7-20)13(14)22)12-5-4-11(8-21-12)16(17,18)19/h4-6,8H,9H2,1-3H3. The third kappa shape index (κ3) is 2.76. The Morgan fingerprint density at radius 2 is 1.91 bits per heavy atom. The van der Waals surface area contributed by atoms with Crippen molar-refractivity contribution in [2.75, 3.05) is 0 Å². The fraction of sp³-hybridized carbons (Fsp3) is 0.438. The van der Waals surface area contributed by atoms with Crippen molar-refractivity contribution >= 4 is 5.78 Å². The normalized spacial score (nSPS) is 24.6. The highest BCUT2D eigenvalue weighted by atomic mass is 19.4. The summed E-state index contributed by atoms with van der Waals surface area (Å²) in [6.07, 6.45) is -1.77. The first-order valence-electron chi connectivity index (χ1n) is 6.71. The van der Waals surface area contributed by atoms with Gasteiger partial charge in [-0.1, -0.05) is 26.8 Å². The predicted molar refractivity (Wildman–Crippen MR) is 73.7 cm³/mol. The average Bonchev–Trinajstić information content (AvgIpc) is 2.42. The number of ketones is 1. The molecule has 3 nitrogen and oxygen atoms in total. The van der Waals surface area contributed by atoms with Crippen LogP contribution >= 0.6 is 0 Å². The molecule has 1 aromatic rings. The molecule has 1 unspecified atom stereocenters. The van der Waals surface area contributed by atoms with Gasteiger partial charge in [0.2, 0.25) is 0 Å². The summed E-state index contributed by atoms with van der Waals surface area (Å²) in [5.74, 6) is -0.251. The summed E-state index contributed by atoms with van der Waals surface area (Å²) >= 11 is 0. The first-order chi connectivity index (χ1) is 9.99. The molecule has 0 fully saturated rings. The number of carbonyl (C=O) groups is 1. The fourth-order valence-electron chi connectivity index (χ4n) is 2.94. The van der Waals surface area contributed by atoms with Crippen LogP contribution in [0.15, 0.2) is 30.0 Å². The second kappa shape index (κ2) is 4.94. The maximum absolute atomic E-state index is 12.6. The Kier molecular flexibility index (Phi) is 3.64. The van der Waals surface area contributed by atoms with Crippen LogP contribution in [-0.2, 0) is 16.4 Å². The highest BCUT2D eigenvalue weighted by Crippen LogP contribution is 2.44. The number of nitriles is 1. The van der Waals surface area contributed by atoms with Gasteiger partial charge in [-0.15, -0.1) is 0 Å². The molecule has 1 atom stereocenters. The van der Waals surface area contributed by atoms with E-state index < -0.39 is 22.6 Å². The number of allylic oxidation sites excluding steroid dienone is 2. The Bertz CT molecular complexity index is 681. The zero-order valence-electron chi connectivity index (χ0n) is 12.5. The number of carbonyl (C=O) groups excluding carboxylic acids is 1. The molecule has 1 aromatic heterocycles. The summed E-state index contributed by atoms with van der Waals surface area (Å²) in [5, 5.41) is 9.12. The average molecular weight is 308 g/mol. The molecule has 0 saturated heterocycles. The molecule has 116 valence electrons. The van der Waals surface area contributed by atoms with Crippen molar-refractivity contribution in [2.45, 2.75) is 38.8 Å². The van der Waals surface area contributed by atoms with Crippen LogP contribution < -0.4 is 0 Å².